The third-order valence-electron chi connectivity index (χ3n) is 6.92. The zero-order chi connectivity index (χ0) is 28.8. The first-order valence-corrected chi connectivity index (χ1v) is 13.3. The zero-order valence-electron chi connectivity index (χ0n) is 23.3. The van der Waals surface area contributed by atoms with Crippen LogP contribution in [0.3, 0.4) is 0 Å². The lowest BCUT2D eigenvalue weighted by molar-refractivity contribution is -0.139. The highest BCUT2D eigenvalue weighted by atomic mass is 16.7. The van der Waals surface area contributed by atoms with E-state index in [0.717, 1.165) is 16.7 Å². The van der Waals surface area contributed by atoms with Crippen LogP contribution in [0.15, 0.2) is 91.0 Å². The average molecular weight is 553 g/mol. The molecule has 1 heterocycles. The predicted molar refractivity (Wildman–Crippen MR) is 155 cm³/mol. The number of benzene rings is 4. The van der Waals surface area contributed by atoms with Crippen molar-refractivity contribution in [2.24, 2.45) is 0 Å². The van der Waals surface area contributed by atoms with Crippen LogP contribution in [0, 0.1) is 6.92 Å². The summed E-state index contributed by atoms with van der Waals surface area (Å²) in [5.74, 6) is 1.55. The van der Waals surface area contributed by atoms with E-state index in [2.05, 4.69) is 5.32 Å². The van der Waals surface area contributed by atoms with E-state index in [1.54, 1.807) is 48.4 Å². The largest absolute Gasteiger partial charge is 0.493 e. The van der Waals surface area contributed by atoms with Crippen LogP contribution in [0.4, 0.5) is 5.69 Å². The van der Waals surface area contributed by atoms with Crippen LogP contribution in [0.2, 0.25) is 0 Å². The molecule has 1 aliphatic rings. The first-order chi connectivity index (χ1) is 19.9. The lowest BCUT2D eigenvalue weighted by atomic mass is 10.0. The van der Waals surface area contributed by atoms with E-state index in [0.29, 0.717) is 34.2 Å². The first kappa shape index (κ1) is 27.6. The molecule has 1 unspecified atom stereocenters. The first-order valence-electron chi connectivity index (χ1n) is 13.3. The molecule has 0 aromatic heterocycles. The molecular weight excluding hydrogens is 520 g/mol. The Morgan fingerprint density at radius 2 is 1.56 bits per heavy atom. The van der Waals surface area contributed by atoms with E-state index in [1.165, 1.54) is 7.11 Å². The molecule has 0 fully saturated rings. The van der Waals surface area contributed by atoms with E-state index < -0.39 is 6.04 Å². The van der Waals surface area contributed by atoms with Gasteiger partial charge in [0.15, 0.2) is 23.0 Å². The van der Waals surface area contributed by atoms with E-state index >= 15 is 0 Å². The van der Waals surface area contributed by atoms with Gasteiger partial charge in [-0.3, -0.25) is 9.59 Å². The Bertz CT molecular complexity index is 1520. The number of rotatable bonds is 10. The fourth-order valence-electron chi connectivity index (χ4n) is 4.77. The second-order valence-corrected chi connectivity index (χ2v) is 9.74. The maximum absolute atomic E-state index is 14.2. The van der Waals surface area contributed by atoms with Gasteiger partial charge in [0.25, 0.3) is 5.91 Å². The van der Waals surface area contributed by atoms with Crippen molar-refractivity contribution in [3.63, 3.8) is 0 Å². The van der Waals surface area contributed by atoms with Gasteiger partial charge in [0, 0.05) is 18.3 Å². The lowest BCUT2D eigenvalue weighted by Gasteiger charge is -2.32. The molecule has 0 bridgehead atoms. The summed E-state index contributed by atoms with van der Waals surface area (Å²) in [6.07, 6.45) is 0.133. The van der Waals surface area contributed by atoms with Gasteiger partial charge < -0.3 is 29.2 Å². The quantitative estimate of drug-likeness (QED) is 0.272. The Hall–Kier alpha value is -4.98. The SMILES string of the molecule is COc1ccc(C(C(=O)Nc2ccc3c(c2)OCO3)N(Cc2ccc(C)cc2)C(=O)Cc2ccccc2)cc1OC. The summed E-state index contributed by atoms with van der Waals surface area (Å²) < 4.78 is 21.9. The number of nitrogens with one attached hydrogen (secondary N) is 1. The van der Waals surface area contributed by atoms with Crippen molar-refractivity contribution in [1.29, 1.82) is 0 Å². The van der Waals surface area contributed by atoms with Crippen molar-refractivity contribution in [2.45, 2.75) is 25.9 Å². The normalized spacial score (nSPS) is 12.4. The smallest absolute Gasteiger partial charge is 0.251 e. The second-order valence-electron chi connectivity index (χ2n) is 9.74. The highest BCUT2D eigenvalue weighted by Gasteiger charge is 2.33. The van der Waals surface area contributed by atoms with Gasteiger partial charge in [-0.05, 0) is 47.9 Å². The van der Waals surface area contributed by atoms with Crippen LogP contribution < -0.4 is 24.3 Å². The second kappa shape index (κ2) is 12.5. The summed E-state index contributed by atoms with van der Waals surface area (Å²) in [5, 5.41) is 2.99. The maximum atomic E-state index is 14.2. The number of hydrogen-bond donors (Lipinski definition) is 1. The molecule has 1 N–H and O–H groups in total. The minimum absolute atomic E-state index is 0.124. The lowest BCUT2D eigenvalue weighted by Crippen LogP contribution is -2.41. The fraction of sp³-hybridized carbons (Fsp3) is 0.212. The van der Waals surface area contributed by atoms with Gasteiger partial charge in [-0.15, -0.1) is 0 Å². The van der Waals surface area contributed by atoms with E-state index in [1.807, 2.05) is 61.5 Å². The number of aryl methyl sites for hydroxylation is 1. The van der Waals surface area contributed by atoms with Crippen molar-refractivity contribution in [2.75, 3.05) is 26.3 Å². The minimum atomic E-state index is -0.988. The van der Waals surface area contributed by atoms with Gasteiger partial charge in [0.05, 0.1) is 20.6 Å². The molecule has 41 heavy (non-hydrogen) atoms. The number of methoxy groups -OCH3 is 2. The average Bonchev–Trinajstić information content (AvgIpc) is 3.46. The third-order valence-corrected chi connectivity index (χ3v) is 6.92. The third kappa shape index (κ3) is 6.44. The van der Waals surface area contributed by atoms with Gasteiger partial charge in [0.1, 0.15) is 6.04 Å². The number of carbonyl (C=O) groups excluding carboxylic acids is 2. The summed E-state index contributed by atoms with van der Waals surface area (Å²) in [5.41, 5.74) is 3.96. The topological polar surface area (TPSA) is 86.3 Å². The number of fused-ring (bicyclic) bond motifs is 1. The van der Waals surface area contributed by atoms with Crippen LogP contribution >= 0.6 is 0 Å². The van der Waals surface area contributed by atoms with Gasteiger partial charge >= 0.3 is 0 Å². The summed E-state index contributed by atoms with van der Waals surface area (Å²) in [6, 6.07) is 26.9. The van der Waals surface area contributed by atoms with Crippen LogP contribution in [0.5, 0.6) is 23.0 Å². The Labute approximate surface area is 239 Å². The molecule has 0 aliphatic carbocycles. The van der Waals surface area contributed by atoms with E-state index in [-0.39, 0.29) is 31.6 Å². The number of nitrogens with zero attached hydrogens (tertiary/aromatic N) is 1. The van der Waals surface area contributed by atoms with Gasteiger partial charge in [-0.2, -0.15) is 0 Å². The number of hydrogen-bond acceptors (Lipinski definition) is 6. The Morgan fingerprint density at radius 1 is 0.829 bits per heavy atom. The van der Waals surface area contributed by atoms with Crippen LogP contribution in [-0.2, 0) is 22.6 Å². The molecule has 1 aliphatic heterocycles. The standard InChI is InChI=1S/C33H32N2O6/c1-22-9-11-24(12-10-22)20-35(31(36)17-23-7-5-4-6-8-23)32(25-13-15-27(38-2)29(18-25)39-3)33(37)34-26-14-16-28-30(19-26)41-21-40-28/h4-16,18-19,32H,17,20-21H2,1-3H3,(H,34,37). The summed E-state index contributed by atoms with van der Waals surface area (Å²) in [7, 11) is 3.09. The fourth-order valence-corrected chi connectivity index (χ4v) is 4.77. The van der Waals surface area contributed by atoms with Crippen molar-refractivity contribution in [3.8, 4) is 23.0 Å². The highest BCUT2D eigenvalue weighted by Crippen LogP contribution is 2.36. The zero-order valence-corrected chi connectivity index (χ0v) is 23.3. The molecule has 1 atom stereocenters. The molecule has 5 rings (SSSR count). The van der Waals surface area contributed by atoms with Crippen LogP contribution in [-0.4, -0.2) is 37.7 Å². The van der Waals surface area contributed by atoms with E-state index in [9.17, 15) is 9.59 Å². The number of carbonyl (C=O) groups is 2. The van der Waals surface area contributed by atoms with Crippen molar-refractivity contribution in [3.05, 3.63) is 113 Å². The van der Waals surface area contributed by atoms with Crippen LogP contribution in [0.1, 0.15) is 28.3 Å². The van der Waals surface area contributed by atoms with Gasteiger partial charge in [-0.25, -0.2) is 0 Å². The molecule has 4 aromatic rings. The van der Waals surface area contributed by atoms with Crippen molar-refractivity contribution < 1.29 is 28.5 Å². The molecule has 0 saturated carbocycles. The molecule has 210 valence electrons. The van der Waals surface area contributed by atoms with Crippen molar-refractivity contribution >= 4 is 17.5 Å². The monoisotopic (exact) mass is 552 g/mol. The molecular formula is C33H32N2O6. The minimum Gasteiger partial charge on any atom is -0.493 e. The summed E-state index contributed by atoms with van der Waals surface area (Å²) >= 11 is 0. The summed E-state index contributed by atoms with van der Waals surface area (Å²) in [4.78, 5) is 29.8. The predicted octanol–water partition coefficient (Wildman–Crippen LogP) is 5.69. The number of amides is 2. The Kier molecular flexibility index (Phi) is 8.39. The van der Waals surface area contributed by atoms with Gasteiger partial charge in [-0.1, -0.05) is 66.2 Å². The maximum Gasteiger partial charge on any atom is 0.251 e. The Balaban J connectivity index is 1.56. The summed E-state index contributed by atoms with van der Waals surface area (Å²) in [6.45, 7) is 2.35. The molecule has 2 amide bonds. The molecule has 8 heteroatoms. The molecule has 0 spiro atoms. The highest BCUT2D eigenvalue weighted by molar-refractivity contribution is 5.98. The number of ether oxygens (including phenoxy) is 4. The molecule has 8 nitrogen and oxygen atoms in total. The molecule has 0 radical (unpaired) electrons. The molecule has 0 saturated heterocycles. The van der Waals surface area contributed by atoms with Crippen molar-refractivity contribution in [1.82, 2.24) is 4.90 Å². The van der Waals surface area contributed by atoms with E-state index in [4.69, 9.17) is 18.9 Å². The van der Waals surface area contributed by atoms with Crippen LogP contribution in [0.25, 0.3) is 0 Å². The number of anilines is 1. The van der Waals surface area contributed by atoms with Gasteiger partial charge in [0.2, 0.25) is 12.7 Å². The molecule has 4 aromatic carbocycles. The Morgan fingerprint density at radius 3 is 2.29 bits per heavy atom.